The van der Waals surface area contributed by atoms with Gasteiger partial charge in [-0.1, -0.05) is 42.5 Å². The highest BCUT2D eigenvalue weighted by Crippen LogP contribution is 2.13. The molecular weight excluding hydrogens is 250 g/mol. The lowest BCUT2D eigenvalue weighted by atomic mass is 10.0. The first kappa shape index (κ1) is 14.1. The summed E-state index contributed by atoms with van der Waals surface area (Å²) in [7, 11) is 0. The number of hydrogen-bond donors (Lipinski definition) is 3. The molecule has 0 aromatic heterocycles. The number of carbonyl (C=O) groups excluding carboxylic acids is 1. The summed E-state index contributed by atoms with van der Waals surface area (Å²) in [5.74, 6) is -0.0572. The second-order valence-electron chi connectivity index (χ2n) is 4.74. The van der Waals surface area contributed by atoms with Gasteiger partial charge in [0.15, 0.2) is 0 Å². The third-order valence-corrected chi connectivity index (χ3v) is 3.10. The molecule has 20 heavy (non-hydrogen) atoms. The third-order valence-electron chi connectivity index (χ3n) is 3.10. The number of anilines is 1. The van der Waals surface area contributed by atoms with Crippen molar-refractivity contribution in [2.75, 3.05) is 5.73 Å². The van der Waals surface area contributed by atoms with E-state index < -0.39 is 0 Å². The van der Waals surface area contributed by atoms with Crippen LogP contribution < -0.4 is 16.8 Å². The van der Waals surface area contributed by atoms with Gasteiger partial charge in [-0.05, 0) is 23.3 Å². The van der Waals surface area contributed by atoms with Gasteiger partial charge in [-0.3, -0.25) is 4.79 Å². The average Bonchev–Trinajstić information content (AvgIpc) is 2.47. The zero-order valence-electron chi connectivity index (χ0n) is 11.3. The van der Waals surface area contributed by atoms with E-state index in [0.717, 1.165) is 11.1 Å². The van der Waals surface area contributed by atoms with Crippen LogP contribution in [-0.4, -0.2) is 5.91 Å². The van der Waals surface area contributed by atoms with Crippen molar-refractivity contribution >= 4 is 11.6 Å². The van der Waals surface area contributed by atoms with Gasteiger partial charge in [0.25, 0.3) is 0 Å². The van der Waals surface area contributed by atoms with E-state index in [1.807, 2.05) is 54.6 Å². The molecule has 0 bridgehead atoms. The molecule has 0 aliphatic carbocycles. The van der Waals surface area contributed by atoms with Crippen LogP contribution in [0.3, 0.4) is 0 Å². The van der Waals surface area contributed by atoms with Gasteiger partial charge in [0.1, 0.15) is 0 Å². The molecule has 0 aliphatic heterocycles. The Bertz CT molecular complexity index is 552. The molecule has 5 N–H and O–H groups in total. The van der Waals surface area contributed by atoms with Gasteiger partial charge in [-0.2, -0.15) is 0 Å². The number of nitrogen functional groups attached to an aromatic ring is 1. The van der Waals surface area contributed by atoms with Crippen LogP contribution in [0.2, 0.25) is 0 Å². The zero-order valence-corrected chi connectivity index (χ0v) is 11.3. The minimum Gasteiger partial charge on any atom is -0.399 e. The highest BCUT2D eigenvalue weighted by molar-refractivity contribution is 5.76. The Labute approximate surface area is 118 Å². The molecule has 1 unspecified atom stereocenters. The number of hydrogen-bond acceptors (Lipinski definition) is 3. The molecule has 2 aromatic carbocycles. The lowest BCUT2D eigenvalue weighted by molar-refractivity contribution is -0.121. The van der Waals surface area contributed by atoms with E-state index in [0.29, 0.717) is 12.2 Å². The Morgan fingerprint density at radius 1 is 1.05 bits per heavy atom. The van der Waals surface area contributed by atoms with Crippen LogP contribution in [0, 0.1) is 0 Å². The maximum atomic E-state index is 11.9. The summed E-state index contributed by atoms with van der Waals surface area (Å²) in [6, 6.07) is 16.8. The number of nitrogens with two attached hydrogens (primary N) is 2. The highest BCUT2D eigenvalue weighted by atomic mass is 16.1. The Balaban J connectivity index is 1.82. The largest absolute Gasteiger partial charge is 0.399 e. The number of nitrogens with one attached hydrogen (secondary N) is 1. The predicted molar refractivity (Wildman–Crippen MR) is 80.7 cm³/mol. The number of carbonyl (C=O) groups is 1. The van der Waals surface area contributed by atoms with Crippen LogP contribution >= 0.6 is 0 Å². The molecule has 104 valence electrons. The van der Waals surface area contributed by atoms with E-state index in [-0.39, 0.29) is 18.4 Å². The van der Waals surface area contributed by atoms with E-state index in [1.54, 1.807) is 0 Å². The SMILES string of the molecule is Nc1ccc(CNC(=O)CC(N)c2ccccc2)cc1. The molecule has 1 amide bonds. The molecule has 4 heteroatoms. The van der Waals surface area contributed by atoms with Gasteiger partial charge < -0.3 is 16.8 Å². The predicted octanol–water partition coefficient (Wildman–Crippen LogP) is 1.98. The minimum absolute atomic E-state index is 0.0572. The van der Waals surface area contributed by atoms with Crippen molar-refractivity contribution < 1.29 is 4.79 Å². The number of rotatable bonds is 5. The summed E-state index contributed by atoms with van der Waals surface area (Å²) in [5, 5.41) is 2.86. The first-order valence-electron chi connectivity index (χ1n) is 6.57. The minimum atomic E-state index is -0.275. The van der Waals surface area contributed by atoms with Crippen LogP contribution in [-0.2, 0) is 11.3 Å². The van der Waals surface area contributed by atoms with Gasteiger partial charge in [0, 0.05) is 24.7 Å². The van der Waals surface area contributed by atoms with Crippen molar-refractivity contribution in [2.24, 2.45) is 5.73 Å². The first-order chi connectivity index (χ1) is 9.65. The lowest BCUT2D eigenvalue weighted by Crippen LogP contribution is -2.27. The van der Waals surface area contributed by atoms with E-state index in [9.17, 15) is 4.79 Å². The summed E-state index contributed by atoms with van der Waals surface area (Å²) in [5.41, 5.74) is 14.3. The molecule has 0 spiro atoms. The molecule has 0 heterocycles. The fourth-order valence-corrected chi connectivity index (χ4v) is 1.93. The normalized spacial score (nSPS) is 11.8. The molecule has 0 saturated carbocycles. The summed E-state index contributed by atoms with van der Waals surface area (Å²) >= 11 is 0. The van der Waals surface area contributed by atoms with Gasteiger partial charge in [0.05, 0.1) is 0 Å². The maximum absolute atomic E-state index is 11.9. The van der Waals surface area contributed by atoms with Gasteiger partial charge in [0.2, 0.25) is 5.91 Å². The van der Waals surface area contributed by atoms with Crippen LogP contribution in [0.15, 0.2) is 54.6 Å². The molecule has 0 saturated heterocycles. The third kappa shape index (κ3) is 4.10. The molecule has 2 rings (SSSR count). The van der Waals surface area contributed by atoms with E-state index in [4.69, 9.17) is 11.5 Å². The smallest absolute Gasteiger partial charge is 0.222 e. The monoisotopic (exact) mass is 269 g/mol. The fraction of sp³-hybridized carbons (Fsp3) is 0.188. The Hall–Kier alpha value is -2.33. The summed E-state index contributed by atoms with van der Waals surface area (Å²) in [6.07, 6.45) is 0.277. The van der Waals surface area contributed by atoms with Crippen LogP contribution in [0.25, 0.3) is 0 Å². The van der Waals surface area contributed by atoms with E-state index in [2.05, 4.69) is 5.32 Å². The number of amides is 1. The Morgan fingerprint density at radius 3 is 2.35 bits per heavy atom. The molecule has 0 radical (unpaired) electrons. The van der Waals surface area contributed by atoms with Crippen molar-refractivity contribution in [1.29, 1.82) is 0 Å². The van der Waals surface area contributed by atoms with E-state index >= 15 is 0 Å². The van der Waals surface area contributed by atoms with Gasteiger partial charge >= 0.3 is 0 Å². The van der Waals surface area contributed by atoms with Crippen molar-refractivity contribution in [1.82, 2.24) is 5.32 Å². The van der Waals surface area contributed by atoms with E-state index in [1.165, 1.54) is 0 Å². The molecule has 0 fully saturated rings. The second kappa shape index (κ2) is 6.73. The molecular formula is C16H19N3O. The molecule has 0 aliphatic rings. The number of benzene rings is 2. The van der Waals surface area contributed by atoms with Gasteiger partial charge in [-0.15, -0.1) is 0 Å². The second-order valence-corrected chi connectivity index (χ2v) is 4.74. The highest BCUT2D eigenvalue weighted by Gasteiger charge is 2.10. The van der Waals surface area contributed by atoms with Crippen LogP contribution in [0.1, 0.15) is 23.6 Å². The van der Waals surface area contributed by atoms with Crippen molar-refractivity contribution in [2.45, 2.75) is 19.0 Å². The van der Waals surface area contributed by atoms with Crippen molar-refractivity contribution in [3.63, 3.8) is 0 Å². The average molecular weight is 269 g/mol. The van der Waals surface area contributed by atoms with Crippen molar-refractivity contribution in [3.05, 3.63) is 65.7 Å². The Kier molecular flexibility index (Phi) is 4.74. The topological polar surface area (TPSA) is 81.1 Å². The maximum Gasteiger partial charge on any atom is 0.222 e. The first-order valence-corrected chi connectivity index (χ1v) is 6.57. The quantitative estimate of drug-likeness (QED) is 0.726. The fourth-order valence-electron chi connectivity index (χ4n) is 1.93. The van der Waals surface area contributed by atoms with Gasteiger partial charge in [-0.25, -0.2) is 0 Å². The summed E-state index contributed by atoms with van der Waals surface area (Å²) in [4.78, 5) is 11.9. The Morgan fingerprint density at radius 2 is 1.70 bits per heavy atom. The standard InChI is InChI=1S/C16H19N3O/c17-14-8-6-12(7-9-14)11-19-16(20)10-15(18)13-4-2-1-3-5-13/h1-9,15H,10-11,17-18H2,(H,19,20). The van der Waals surface area contributed by atoms with Crippen LogP contribution in [0.4, 0.5) is 5.69 Å². The lowest BCUT2D eigenvalue weighted by Gasteiger charge is -2.12. The molecule has 1 atom stereocenters. The van der Waals surface area contributed by atoms with Crippen molar-refractivity contribution in [3.8, 4) is 0 Å². The summed E-state index contributed by atoms with van der Waals surface area (Å²) in [6.45, 7) is 0.487. The van der Waals surface area contributed by atoms with Crippen LogP contribution in [0.5, 0.6) is 0 Å². The summed E-state index contributed by atoms with van der Waals surface area (Å²) < 4.78 is 0. The zero-order chi connectivity index (χ0) is 14.4. The molecule has 4 nitrogen and oxygen atoms in total. The molecule has 2 aromatic rings.